The van der Waals surface area contributed by atoms with Crippen LogP contribution in [0, 0.1) is 5.92 Å². The zero-order chi connectivity index (χ0) is 24.7. The van der Waals surface area contributed by atoms with Gasteiger partial charge >= 0.3 is 0 Å². The van der Waals surface area contributed by atoms with Crippen LogP contribution in [0.4, 0.5) is 0 Å². The Balaban J connectivity index is 1.55. The fourth-order valence-corrected chi connectivity index (χ4v) is 4.20. The summed E-state index contributed by atoms with van der Waals surface area (Å²) in [6.07, 6.45) is 4.94. The fourth-order valence-electron chi connectivity index (χ4n) is 4.20. The number of dihydropyridines is 1. The van der Waals surface area contributed by atoms with E-state index in [1.165, 1.54) is 6.21 Å². The van der Waals surface area contributed by atoms with Crippen LogP contribution in [0.3, 0.4) is 0 Å². The van der Waals surface area contributed by atoms with Crippen LogP contribution in [0.1, 0.15) is 38.1 Å². The van der Waals surface area contributed by atoms with E-state index in [-0.39, 0.29) is 23.9 Å². The molecule has 35 heavy (non-hydrogen) atoms. The van der Waals surface area contributed by atoms with E-state index in [4.69, 9.17) is 14.5 Å². The first kappa shape index (κ1) is 22.8. The number of nitrogens with one attached hydrogen (secondary N) is 1. The first-order chi connectivity index (χ1) is 16.7. The number of aromatic nitrogens is 3. The highest BCUT2D eigenvalue weighted by atomic mass is 16.6. The molecule has 1 unspecified atom stereocenters. The van der Waals surface area contributed by atoms with Crippen molar-refractivity contribution in [1.29, 1.82) is 0 Å². The van der Waals surface area contributed by atoms with Crippen LogP contribution in [0.2, 0.25) is 0 Å². The van der Waals surface area contributed by atoms with E-state index in [0.29, 0.717) is 47.0 Å². The van der Waals surface area contributed by atoms with Crippen LogP contribution in [-0.4, -0.2) is 52.6 Å². The Morgan fingerprint density at radius 2 is 1.94 bits per heavy atom. The summed E-state index contributed by atoms with van der Waals surface area (Å²) in [4.78, 5) is 34.3. The van der Waals surface area contributed by atoms with Crippen LogP contribution in [0.15, 0.2) is 47.1 Å². The van der Waals surface area contributed by atoms with E-state index in [2.05, 4.69) is 15.4 Å². The summed E-state index contributed by atoms with van der Waals surface area (Å²) in [7, 11) is 0. The zero-order valence-electron chi connectivity index (χ0n) is 20.2. The number of carbonyl (C=O) groups excluding carboxylic acids is 2. The molecule has 0 fully saturated rings. The van der Waals surface area contributed by atoms with Gasteiger partial charge in [0.25, 0.3) is 11.8 Å². The van der Waals surface area contributed by atoms with Crippen LogP contribution >= 0.6 is 0 Å². The smallest absolute Gasteiger partial charge is 0.254 e. The maximum Gasteiger partial charge on any atom is 0.254 e. The molecule has 4 heterocycles. The monoisotopic (exact) mass is 473 g/mol. The molecule has 0 aliphatic carbocycles. The van der Waals surface area contributed by atoms with Crippen molar-refractivity contribution in [2.24, 2.45) is 10.9 Å². The predicted octanol–water partition coefficient (Wildman–Crippen LogP) is 3.53. The van der Waals surface area contributed by atoms with Crippen molar-refractivity contribution in [3.63, 3.8) is 0 Å². The summed E-state index contributed by atoms with van der Waals surface area (Å²) in [6, 6.07) is 7.37. The van der Waals surface area contributed by atoms with Gasteiger partial charge in [0.15, 0.2) is 17.1 Å². The number of pyridine rings is 1. The second-order valence-corrected chi connectivity index (χ2v) is 9.67. The van der Waals surface area contributed by atoms with Crippen molar-refractivity contribution in [3.05, 3.63) is 47.7 Å². The number of hydrogen-bond donors (Lipinski definition) is 1. The Bertz CT molecular complexity index is 1400. The molecule has 2 aliphatic heterocycles. The lowest BCUT2D eigenvalue weighted by Crippen LogP contribution is -2.34. The molecule has 0 spiro atoms. The van der Waals surface area contributed by atoms with E-state index in [9.17, 15) is 9.59 Å². The molecule has 0 saturated heterocycles. The van der Waals surface area contributed by atoms with E-state index < -0.39 is 5.92 Å². The minimum Gasteiger partial charge on any atom is -0.486 e. The van der Waals surface area contributed by atoms with Gasteiger partial charge in [0.05, 0.1) is 34.3 Å². The van der Waals surface area contributed by atoms with Gasteiger partial charge < -0.3 is 14.8 Å². The Labute approximate surface area is 202 Å². The van der Waals surface area contributed by atoms with Crippen molar-refractivity contribution in [1.82, 2.24) is 20.1 Å². The van der Waals surface area contributed by atoms with Crippen LogP contribution < -0.4 is 14.8 Å². The summed E-state index contributed by atoms with van der Waals surface area (Å²) < 4.78 is 13.2. The highest BCUT2D eigenvalue weighted by Gasteiger charge is 2.26. The minimum atomic E-state index is -0.476. The second-order valence-electron chi connectivity index (χ2n) is 9.67. The van der Waals surface area contributed by atoms with Crippen molar-refractivity contribution < 1.29 is 19.1 Å². The number of allylic oxidation sites excluding steroid dienone is 1. The lowest BCUT2D eigenvalue weighted by Gasteiger charge is -2.21. The third-order valence-corrected chi connectivity index (χ3v) is 6.11. The number of benzene rings is 1. The summed E-state index contributed by atoms with van der Waals surface area (Å²) in [6.45, 7) is 9.10. The van der Waals surface area contributed by atoms with Crippen molar-refractivity contribution in [2.75, 3.05) is 19.8 Å². The second kappa shape index (κ2) is 8.65. The molecule has 0 saturated carbocycles. The van der Waals surface area contributed by atoms with E-state index in [1.807, 2.05) is 50.6 Å². The quantitative estimate of drug-likeness (QED) is 0.621. The van der Waals surface area contributed by atoms with Gasteiger partial charge in [-0.3, -0.25) is 9.59 Å². The molecule has 5 rings (SSSR count). The number of aliphatic imine (C=N–C) groups is 1. The van der Waals surface area contributed by atoms with Crippen LogP contribution in [0.5, 0.6) is 11.5 Å². The number of nitrogens with zero attached hydrogens (tertiary/aromatic N) is 4. The van der Waals surface area contributed by atoms with Gasteiger partial charge in [0.2, 0.25) is 0 Å². The normalized spacial score (nSPS) is 17.4. The van der Waals surface area contributed by atoms with Crippen LogP contribution in [-0.2, 0) is 10.3 Å². The first-order valence-corrected chi connectivity index (χ1v) is 11.5. The fraction of sp³-hybridized carbons (Fsp3) is 0.346. The summed E-state index contributed by atoms with van der Waals surface area (Å²) >= 11 is 0. The van der Waals surface area contributed by atoms with Crippen molar-refractivity contribution in [2.45, 2.75) is 33.2 Å². The maximum atomic E-state index is 13.4. The number of ether oxygens (including phenoxy) is 2. The molecule has 2 amide bonds. The van der Waals surface area contributed by atoms with Crippen molar-refractivity contribution >= 4 is 29.1 Å². The third-order valence-electron chi connectivity index (χ3n) is 6.11. The van der Waals surface area contributed by atoms with Gasteiger partial charge in [0, 0.05) is 18.3 Å². The molecule has 9 nitrogen and oxygen atoms in total. The minimum absolute atomic E-state index is 0.161. The molecule has 0 radical (unpaired) electrons. The molecule has 0 bridgehead atoms. The SMILES string of the molecule is CC1=CC=NC(=O)C1CNC(=O)c1cc(-c2ccc3c(c2)OCCO3)nc2c1cnn2C(C)(C)C. The van der Waals surface area contributed by atoms with Gasteiger partial charge in [-0.25, -0.2) is 14.7 Å². The zero-order valence-corrected chi connectivity index (χ0v) is 20.2. The van der Waals surface area contributed by atoms with Crippen LogP contribution in [0.25, 0.3) is 22.3 Å². The average molecular weight is 474 g/mol. The Kier molecular flexibility index (Phi) is 5.62. The van der Waals surface area contributed by atoms with Gasteiger partial charge in [-0.15, -0.1) is 0 Å². The van der Waals surface area contributed by atoms with Crippen molar-refractivity contribution in [3.8, 4) is 22.8 Å². The third kappa shape index (κ3) is 4.29. The highest BCUT2D eigenvalue weighted by molar-refractivity contribution is 6.07. The topological polar surface area (TPSA) is 108 Å². The Hall–Kier alpha value is -4.01. The summed E-state index contributed by atoms with van der Waals surface area (Å²) in [5.74, 6) is 0.282. The molecule has 2 aliphatic rings. The molecule has 1 atom stereocenters. The Morgan fingerprint density at radius 3 is 2.69 bits per heavy atom. The van der Waals surface area contributed by atoms with E-state index in [0.717, 1.165) is 11.1 Å². The van der Waals surface area contributed by atoms with E-state index >= 15 is 0 Å². The molecular weight excluding hydrogens is 446 g/mol. The summed E-state index contributed by atoms with van der Waals surface area (Å²) in [5.41, 5.74) is 2.96. The molecule has 3 aromatic rings. The average Bonchev–Trinajstić information content (AvgIpc) is 3.27. The molecule has 9 heteroatoms. The number of rotatable bonds is 4. The number of amides is 2. The predicted molar refractivity (Wildman–Crippen MR) is 132 cm³/mol. The summed E-state index contributed by atoms with van der Waals surface area (Å²) in [5, 5.41) is 8.09. The van der Waals surface area contributed by atoms with Gasteiger partial charge in [-0.1, -0.05) is 5.57 Å². The number of fused-ring (bicyclic) bond motifs is 2. The molecule has 180 valence electrons. The molecule has 1 N–H and O–H groups in total. The molecule has 2 aromatic heterocycles. The van der Waals surface area contributed by atoms with Gasteiger partial charge in [-0.05, 0) is 58.0 Å². The standard InChI is InChI=1S/C26H27N5O4/c1-15-7-8-27-25(33)18(15)13-28-24(32)17-12-20(16-5-6-21-22(11-16)35-10-9-34-21)30-23-19(17)14-29-31(23)26(2,3)4/h5-8,11-12,14,18H,9-10,13H2,1-4H3,(H,28,32). The number of hydrogen-bond acceptors (Lipinski definition) is 6. The maximum absolute atomic E-state index is 13.4. The van der Waals surface area contributed by atoms with E-state index in [1.54, 1.807) is 18.3 Å². The molecular formula is C26H27N5O4. The van der Waals surface area contributed by atoms with Gasteiger partial charge in [-0.2, -0.15) is 5.10 Å². The number of carbonyl (C=O) groups is 2. The van der Waals surface area contributed by atoms with Gasteiger partial charge in [0.1, 0.15) is 13.2 Å². The molecule has 1 aromatic carbocycles. The lowest BCUT2D eigenvalue weighted by molar-refractivity contribution is -0.120. The highest BCUT2D eigenvalue weighted by Crippen LogP contribution is 2.35. The first-order valence-electron chi connectivity index (χ1n) is 11.5. The lowest BCUT2D eigenvalue weighted by atomic mass is 9.97. The Morgan fingerprint density at radius 1 is 1.17 bits per heavy atom. The largest absolute Gasteiger partial charge is 0.486 e.